The van der Waals surface area contributed by atoms with Crippen LogP contribution in [0.15, 0.2) is 30.6 Å². The largest absolute Gasteiger partial charge is 0.444 e. The Balaban J connectivity index is 1.29. The molecule has 0 atom stereocenters. The zero-order chi connectivity index (χ0) is 29.4. The average molecular weight is 523 g/mol. The van der Waals surface area contributed by atoms with Gasteiger partial charge in [0.2, 0.25) is 5.95 Å². The minimum Gasteiger partial charge on any atom is -0.444 e. The molecule has 1 aliphatic heterocycles. The maximum atomic E-state index is 13.0. The topological polar surface area (TPSA) is 105 Å². The predicted molar refractivity (Wildman–Crippen MR) is 147 cm³/mol. The first-order valence-electron chi connectivity index (χ1n) is 14.7. The van der Waals surface area contributed by atoms with Crippen LogP contribution in [0.3, 0.4) is 0 Å². The number of Topliss-reactive ketones (excluding diaryl/α,β-unsaturated/α-hetero) is 1. The van der Waals surface area contributed by atoms with E-state index in [-0.39, 0.29) is 12.1 Å². The number of rotatable bonds is 6. The molecule has 2 fully saturated rings. The van der Waals surface area contributed by atoms with E-state index in [0.29, 0.717) is 54.7 Å². The molecule has 1 saturated heterocycles. The first kappa shape index (κ1) is 22.3. The zero-order valence-corrected chi connectivity index (χ0v) is 22.2. The van der Waals surface area contributed by atoms with E-state index in [1.165, 1.54) is 0 Å². The number of ketones is 1. The van der Waals surface area contributed by atoms with Gasteiger partial charge in [0.25, 0.3) is 0 Å². The molecule has 0 spiro atoms. The predicted octanol–water partition coefficient (Wildman–Crippen LogP) is 5.33. The molecule has 0 aromatic carbocycles. The Kier molecular flexibility index (Phi) is 6.22. The minimum absolute atomic E-state index is 0.0963. The van der Waals surface area contributed by atoms with Gasteiger partial charge in [0.1, 0.15) is 17.1 Å². The molecule has 1 N–H and O–H groups in total. The van der Waals surface area contributed by atoms with Crippen molar-refractivity contribution in [2.24, 2.45) is 0 Å². The third kappa shape index (κ3) is 5.58. The van der Waals surface area contributed by atoms with Crippen LogP contribution in [0.25, 0.3) is 11.0 Å². The summed E-state index contributed by atoms with van der Waals surface area (Å²) in [6, 6.07) is 5.62. The number of nitrogens with zero attached hydrogens (tertiary/aromatic N) is 6. The Hall–Kier alpha value is -3.69. The van der Waals surface area contributed by atoms with Crippen molar-refractivity contribution in [3.8, 4) is 0 Å². The Bertz CT molecular complexity index is 1400. The summed E-state index contributed by atoms with van der Waals surface area (Å²) < 4.78 is 30.1. The lowest BCUT2D eigenvalue weighted by molar-refractivity contribution is 0.0240. The second-order valence-electron chi connectivity index (χ2n) is 10.9. The number of hydrogen-bond donors (Lipinski definition) is 1. The summed E-state index contributed by atoms with van der Waals surface area (Å²) in [6.07, 6.45) is 6.57. The number of nitrogens with one attached hydrogen (secondary N) is 1. The van der Waals surface area contributed by atoms with Gasteiger partial charge in [0, 0.05) is 54.3 Å². The van der Waals surface area contributed by atoms with Gasteiger partial charge in [0.15, 0.2) is 5.78 Å². The third-order valence-electron chi connectivity index (χ3n) is 7.00. The number of anilines is 3. The second-order valence-corrected chi connectivity index (χ2v) is 10.9. The standard InChI is InChI=1S/C28H37N7O3/c1-5-23(36)22-16-19-17-30-26(32-25(19)35(22)20-8-6-7-9-20)31-24-11-10-21(18-29-24)33-12-14-34(15-13-33)27(37)38-28(2,3)4/h10-11,16-18,20H,5-9,12-15H2,1-4H3,(H,29,30,31,32)/i1D3. The van der Waals surface area contributed by atoms with Crippen LogP contribution in [0.5, 0.6) is 0 Å². The Labute approximate surface area is 227 Å². The highest BCUT2D eigenvalue weighted by atomic mass is 16.6. The maximum absolute atomic E-state index is 13.0. The summed E-state index contributed by atoms with van der Waals surface area (Å²) in [6.45, 7) is 5.74. The normalized spacial score (nSPS) is 18.2. The van der Waals surface area contributed by atoms with Crippen LogP contribution in [-0.2, 0) is 4.74 Å². The van der Waals surface area contributed by atoms with Crippen molar-refractivity contribution in [1.82, 2.24) is 24.4 Å². The van der Waals surface area contributed by atoms with Crippen LogP contribution < -0.4 is 10.2 Å². The number of carbonyl (C=O) groups excluding carboxylic acids is 2. The summed E-state index contributed by atoms with van der Waals surface area (Å²) in [7, 11) is 0. The number of carbonyl (C=O) groups is 2. The van der Waals surface area contributed by atoms with E-state index in [4.69, 9.17) is 13.8 Å². The highest BCUT2D eigenvalue weighted by Crippen LogP contribution is 2.35. The smallest absolute Gasteiger partial charge is 0.410 e. The van der Waals surface area contributed by atoms with Crippen molar-refractivity contribution in [2.45, 2.75) is 71.4 Å². The van der Waals surface area contributed by atoms with E-state index in [1.807, 2.05) is 37.5 Å². The molecule has 0 radical (unpaired) electrons. The highest BCUT2D eigenvalue weighted by molar-refractivity contribution is 5.99. The summed E-state index contributed by atoms with van der Waals surface area (Å²) in [5.41, 5.74) is 1.42. The van der Waals surface area contributed by atoms with Crippen LogP contribution in [0.1, 0.15) is 80.4 Å². The van der Waals surface area contributed by atoms with Gasteiger partial charge < -0.3 is 24.4 Å². The maximum Gasteiger partial charge on any atom is 0.410 e. The summed E-state index contributed by atoms with van der Waals surface area (Å²) in [4.78, 5) is 42.9. The van der Waals surface area contributed by atoms with Gasteiger partial charge in [-0.2, -0.15) is 4.98 Å². The number of ether oxygens (including phenoxy) is 1. The zero-order valence-electron chi connectivity index (χ0n) is 25.2. The molecule has 202 valence electrons. The van der Waals surface area contributed by atoms with Crippen LogP contribution in [-0.4, -0.2) is 68.1 Å². The Morgan fingerprint density at radius 3 is 2.53 bits per heavy atom. The van der Waals surface area contributed by atoms with Gasteiger partial charge in [-0.15, -0.1) is 0 Å². The highest BCUT2D eigenvalue weighted by Gasteiger charge is 2.27. The average Bonchev–Trinajstić information content (AvgIpc) is 3.55. The second kappa shape index (κ2) is 10.6. The molecule has 3 aromatic heterocycles. The van der Waals surface area contributed by atoms with E-state index in [2.05, 4.69) is 20.2 Å². The van der Waals surface area contributed by atoms with Crippen molar-refractivity contribution in [2.75, 3.05) is 36.4 Å². The fourth-order valence-electron chi connectivity index (χ4n) is 5.14. The SMILES string of the molecule is [2H]C([2H])([2H])CC(=O)c1cc2cnc(Nc3ccc(N4CCN(C(=O)OC(C)(C)C)CC4)cn3)nc2n1C1CCCC1. The molecule has 38 heavy (non-hydrogen) atoms. The summed E-state index contributed by atoms with van der Waals surface area (Å²) in [5.74, 6) is 0.502. The number of piperazine rings is 1. The summed E-state index contributed by atoms with van der Waals surface area (Å²) in [5, 5.41) is 3.85. The number of aromatic nitrogens is 4. The molecule has 1 saturated carbocycles. The van der Waals surface area contributed by atoms with Crippen LogP contribution in [0, 0.1) is 0 Å². The molecule has 1 amide bonds. The molecule has 4 heterocycles. The Morgan fingerprint density at radius 1 is 1.11 bits per heavy atom. The molecular weight excluding hydrogens is 482 g/mol. The van der Waals surface area contributed by atoms with Crippen molar-refractivity contribution < 1.29 is 18.4 Å². The first-order valence-corrected chi connectivity index (χ1v) is 13.2. The van der Waals surface area contributed by atoms with Gasteiger partial charge in [-0.3, -0.25) is 4.79 Å². The van der Waals surface area contributed by atoms with Gasteiger partial charge in [-0.25, -0.2) is 14.8 Å². The molecule has 0 bridgehead atoms. The van der Waals surface area contributed by atoms with Crippen LogP contribution >= 0.6 is 0 Å². The van der Waals surface area contributed by atoms with Crippen molar-refractivity contribution in [3.05, 3.63) is 36.3 Å². The fourth-order valence-corrected chi connectivity index (χ4v) is 5.14. The molecule has 3 aromatic rings. The lowest BCUT2D eigenvalue weighted by Gasteiger charge is -2.36. The van der Waals surface area contributed by atoms with Crippen molar-refractivity contribution >= 4 is 40.4 Å². The Morgan fingerprint density at radius 2 is 1.87 bits per heavy atom. The van der Waals surface area contributed by atoms with E-state index in [0.717, 1.165) is 31.4 Å². The van der Waals surface area contributed by atoms with Crippen molar-refractivity contribution in [3.63, 3.8) is 0 Å². The van der Waals surface area contributed by atoms with Crippen LogP contribution in [0.2, 0.25) is 0 Å². The quantitative estimate of drug-likeness (QED) is 0.433. The molecule has 10 nitrogen and oxygen atoms in total. The molecule has 1 aliphatic carbocycles. The lowest BCUT2D eigenvalue weighted by Crippen LogP contribution is -2.50. The number of pyridine rings is 1. The van der Waals surface area contributed by atoms with E-state index < -0.39 is 24.7 Å². The molecule has 2 aliphatic rings. The van der Waals surface area contributed by atoms with Crippen LogP contribution in [0.4, 0.5) is 22.2 Å². The molecular formula is C28H37N7O3. The summed E-state index contributed by atoms with van der Waals surface area (Å²) >= 11 is 0. The molecule has 0 unspecified atom stereocenters. The van der Waals surface area contributed by atoms with Crippen molar-refractivity contribution in [1.29, 1.82) is 0 Å². The fraction of sp³-hybridized carbons (Fsp3) is 0.536. The van der Waals surface area contributed by atoms with Gasteiger partial charge in [-0.1, -0.05) is 19.7 Å². The molecule has 10 heteroatoms. The van der Waals surface area contributed by atoms with E-state index in [1.54, 1.807) is 23.4 Å². The first-order chi connectivity index (χ1) is 19.4. The third-order valence-corrected chi connectivity index (χ3v) is 7.00. The van der Waals surface area contributed by atoms with Gasteiger partial charge in [-0.05, 0) is 51.8 Å². The number of hydrogen-bond acceptors (Lipinski definition) is 8. The molecule has 5 rings (SSSR count). The van der Waals surface area contributed by atoms with Gasteiger partial charge >= 0.3 is 6.09 Å². The number of fused-ring (bicyclic) bond motifs is 1. The lowest BCUT2D eigenvalue weighted by atomic mass is 10.2. The van der Waals surface area contributed by atoms with E-state index >= 15 is 0 Å². The minimum atomic E-state index is -2.34. The van der Waals surface area contributed by atoms with Gasteiger partial charge in [0.05, 0.1) is 17.6 Å². The monoisotopic (exact) mass is 522 g/mol. The van der Waals surface area contributed by atoms with E-state index in [9.17, 15) is 9.59 Å². The number of amides is 1.